The van der Waals surface area contributed by atoms with Gasteiger partial charge in [-0.1, -0.05) is 0 Å². The molecule has 1 saturated heterocycles. The smallest absolute Gasteiger partial charge is 0.161 e. The molecular formula is C12H15NO2. The standard InChI is InChI=1S/C12H15NO2/c1-14-11-5-8-3-4-13-7-10(13)9(8)6-12(11)15-2/h5-6,10H,3-4,7H2,1-2H3/t10-,13?/m0/s1. The molecule has 15 heavy (non-hydrogen) atoms. The van der Waals surface area contributed by atoms with Crippen LogP contribution in [0.5, 0.6) is 11.5 Å². The summed E-state index contributed by atoms with van der Waals surface area (Å²) in [6, 6.07) is 4.91. The van der Waals surface area contributed by atoms with Gasteiger partial charge in [0.2, 0.25) is 0 Å². The van der Waals surface area contributed by atoms with Gasteiger partial charge >= 0.3 is 0 Å². The van der Waals surface area contributed by atoms with Crippen molar-refractivity contribution >= 4 is 0 Å². The van der Waals surface area contributed by atoms with Crippen LogP contribution in [0.2, 0.25) is 0 Å². The molecule has 0 spiro atoms. The topological polar surface area (TPSA) is 21.5 Å². The zero-order chi connectivity index (χ0) is 10.4. The van der Waals surface area contributed by atoms with E-state index in [1.807, 2.05) is 0 Å². The van der Waals surface area contributed by atoms with Crippen LogP contribution >= 0.6 is 0 Å². The molecule has 80 valence electrons. The normalized spacial score (nSPS) is 26.5. The molecule has 2 aliphatic rings. The fraction of sp³-hybridized carbons (Fsp3) is 0.500. The van der Waals surface area contributed by atoms with Gasteiger partial charge < -0.3 is 9.47 Å². The minimum absolute atomic E-state index is 0.647. The number of ether oxygens (including phenoxy) is 2. The summed E-state index contributed by atoms with van der Waals surface area (Å²) in [5.74, 6) is 1.70. The van der Waals surface area contributed by atoms with Crippen LogP contribution in [0.25, 0.3) is 0 Å². The quantitative estimate of drug-likeness (QED) is 0.685. The van der Waals surface area contributed by atoms with Crippen molar-refractivity contribution in [2.45, 2.75) is 12.5 Å². The molecule has 0 bridgehead atoms. The third kappa shape index (κ3) is 1.30. The molecular weight excluding hydrogens is 190 g/mol. The average molecular weight is 205 g/mol. The first-order valence-electron chi connectivity index (χ1n) is 5.32. The lowest BCUT2D eigenvalue weighted by atomic mass is 9.98. The summed E-state index contributed by atoms with van der Waals surface area (Å²) in [7, 11) is 3.38. The van der Waals surface area contributed by atoms with E-state index in [-0.39, 0.29) is 0 Å². The number of hydrogen-bond acceptors (Lipinski definition) is 3. The fourth-order valence-corrected chi connectivity index (χ4v) is 2.44. The highest BCUT2D eigenvalue weighted by molar-refractivity contribution is 5.50. The average Bonchev–Trinajstić information content (AvgIpc) is 3.06. The van der Waals surface area contributed by atoms with E-state index in [1.54, 1.807) is 14.2 Å². The number of nitrogens with zero attached hydrogens (tertiary/aromatic N) is 1. The Labute approximate surface area is 89.6 Å². The number of hydrogen-bond donors (Lipinski definition) is 0. The van der Waals surface area contributed by atoms with Crippen LogP contribution in [0.4, 0.5) is 0 Å². The monoisotopic (exact) mass is 205 g/mol. The summed E-state index contributed by atoms with van der Waals surface area (Å²) in [5, 5.41) is 0. The van der Waals surface area contributed by atoms with Gasteiger partial charge in [-0.3, -0.25) is 4.90 Å². The van der Waals surface area contributed by atoms with Crippen LogP contribution in [-0.2, 0) is 6.42 Å². The van der Waals surface area contributed by atoms with Crippen molar-refractivity contribution in [1.29, 1.82) is 0 Å². The predicted molar refractivity (Wildman–Crippen MR) is 57.6 cm³/mol. The lowest BCUT2D eigenvalue weighted by molar-refractivity contribution is 0.352. The Morgan fingerprint density at radius 2 is 1.93 bits per heavy atom. The van der Waals surface area contributed by atoms with Crippen molar-refractivity contribution in [2.24, 2.45) is 0 Å². The number of fused-ring (bicyclic) bond motifs is 3. The van der Waals surface area contributed by atoms with Crippen molar-refractivity contribution in [1.82, 2.24) is 4.90 Å². The second kappa shape index (κ2) is 3.14. The van der Waals surface area contributed by atoms with Gasteiger partial charge in [-0.25, -0.2) is 0 Å². The minimum atomic E-state index is 0.647. The van der Waals surface area contributed by atoms with E-state index in [4.69, 9.17) is 9.47 Å². The highest BCUT2D eigenvalue weighted by Gasteiger charge is 2.40. The molecule has 1 unspecified atom stereocenters. The Balaban J connectivity index is 2.08. The molecule has 3 nitrogen and oxygen atoms in total. The molecule has 2 atom stereocenters. The first kappa shape index (κ1) is 9.04. The molecule has 0 radical (unpaired) electrons. The van der Waals surface area contributed by atoms with Crippen LogP contribution in [-0.4, -0.2) is 32.2 Å². The van der Waals surface area contributed by atoms with Crippen molar-refractivity contribution in [3.8, 4) is 11.5 Å². The molecule has 3 rings (SSSR count). The van der Waals surface area contributed by atoms with E-state index in [1.165, 1.54) is 24.2 Å². The molecule has 1 aromatic rings. The van der Waals surface area contributed by atoms with Gasteiger partial charge in [-0.15, -0.1) is 0 Å². The SMILES string of the molecule is COc1cc2c(cc1OC)[C@@H]1CN1CC2. The minimum Gasteiger partial charge on any atom is -0.493 e. The van der Waals surface area contributed by atoms with E-state index in [2.05, 4.69) is 17.0 Å². The zero-order valence-electron chi connectivity index (χ0n) is 9.12. The Morgan fingerprint density at radius 1 is 1.20 bits per heavy atom. The summed E-state index contributed by atoms with van der Waals surface area (Å²) in [4.78, 5) is 2.48. The Bertz CT molecular complexity index is 403. The van der Waals surface area contributed by atoms with Gasteiger partial charge in [0, 0.05) is 19.1 Å². The van der Waals surface area contributed by atoms with Gasteiger partial charge in [-0.2, -0.15) is 0 Å². The number of benzene rings is 1. The number of rotatable bonds is 2. The first-order valence-corrected chi connectivity index (χ1v) is 5.32. The van der Waals surface area contributed by atoms with Gasteiger partial charge in [0.15, 0.2) is 11.5 Å². The lowest BCUT2D eigenvalue weighted by Crippen LogP contribution is -2.12. The van der Waals surface area contributed by atoms with Crippen LogP contribution < -0.4 is 9.47 Å². The highest BCUT2D eigenvalue weighted by atomic mass is 16.5. The van der Waals surface area contributed by atoms with E-state index < -0.39 is 0 Å². The molecule has 3 heteroatoms. The van der Waals surface area contributed by atoms with E-state index >= 15 is 0 Å². The van der Waals surface area contributed by atoms with E-state index in [0.717, 1.165) is 17.9 Å². The zero-order valence-corrected chi connectivity index (χ0v) is 9.12. The largest absolute Gasteiger partial charge is 0.493 e. The molecule has 0 N–H and O–H groups in total. The lowest BCUT2D eigenvalue weighted by Gasteiger charge is -2.18. The summed E-state index contributed by atoms with van der Waals surface area (Å²) in [5.41, 5.74) is 2.85. The molecule has 2 aliphatic heterocycles. The van der Waals surface area contributed by atoms with Gasteiger partial charge in [-0.05, 0) is 29.7 Å². The van der Waals surface area contributed by atoms with Crippen molar-refractivity contribution in [3.05, 3.63) is 23.3 Å². The summed E-state index contributed by atoms with van der Waals surface area (Å²) < 4.78 is 10.6. The molecule has 0 aliphatic carbocycles. The van der Waals surface area contributed by atoms with E-state index in [0.29, 0.717) is 6.04 Å². The molecule has 1 fully saturated rings. The fourth-order valence-electron chi connectivity index (χ4n) is 2.44. The van der Waals surface area contributed by atoms with Crippen molar-refractivity contribution in [3.63, 3.8) is 0 Å². The Kier molecular flexibility index (Phi) is 1.89. The maximum Gasteiger partial charge on any atom is 0.161 e. The number of methoxy groups -OCH3 is 2. The second-order valence-corrected chi connectivity index (χ2v) is 4.17. The first-order chi connectivity index (χ1) is 7.33. The van der Waals surface area contributed by atoms with Gasteiger partial charge in [0.05, 0.1) is 14.2 Å². The van der Waals surface area contributed by atoms with Crippen LogP contribution in [0.1, 0.15) is 17.2 Å². The van der Waals surface area contributed by atoms with Gasteiger partial charge in [0.1, 0.15) is 0 Å². The summed E-state index contributed by atoms with van der Waals surface area (Å²) in [6.45, 7) is 2.40. The van der Waals surface area contributed by atoms with Crippen molar-refractivity contribution < 1.29 is 9.47 Å². The van der Waals surface area contributed by atoms with Crippen LogP contribution in [0.3, 0.4) is 0 Å². The third-order valence-electron chi connectivity index (χ3n) is 3.39. The Hall–Kier alpha value is -1.22. The molecule has 2 heterocycles. The maximum absolute atomic E-state index is 5.33. The molecule has 1 aromatic carbocycles. The molecule has 0 aromatic heterocycles. The summed E-state index contributed by atoms with van der Waals surface area (Å²) >= 11 is 0. The molecule has 0 saturated carbocycles. The van der Waals surface area contributed by atoms with Gasteiger partial charge in [0.25, 0.3) is 0 Å². The molecule has 0 amide bonds. The van der Waals surface area contributed by atoms with Crippen LogP contribution in [0, 0.1) is 0 Å². The summed E-state index contributed by atoms with van der Waals surface area (Å²) in [6.07, 6.45) is 1.13. The second-order valence-electron chi connectivity index (χ2n) is 4.17. The predicted octanol–water partition coefficient (Wildman–Crippen LogP) is 1.62. The van der Waals surface area contributed by atoms with Crippen LogP contribution in [0.15, 0.2) is 12.1 Å². The highest BCUT2D eigenvalue weighted by Crippen LogP contribution is 2.44. The van der Waals surface area contributed by atoms with E-state index in [9.17, 15) is 0 Å². The Morgan fingerprint density at radius 3 is 2.67 bits per heavy atom. The van der Waals surface area contributed by atoms with Crippen molar-refractivity contribution in [2.75, 3.05) is 27.3 Å². The maximum atomic E-state index is 5.33. The third-order valence-corrected chi connectivity index (χ3v) is 3.39.